The monoisotopic (exact) mass is 606 g/mol. The Hall–Kier alpha value is -1.26. The summed E-state index contributed by atoms with van der Waals surface area (Å²) >= 11 is 0. The molecule has 0 aromatic heterocycles. The molecule has 0 amide bonds. The van der Waals surface area contributed by atoms with E-state index in [1.54, 1.807) is 0 Å². The molecule has 43 heavy (non-hydrogen) atoms. The maximum Gasteiger partial charge on any atom is 0.197 e. The largest absolute Gasteiger partial charge is 0.370 e. The molecule has 0 atom stereocenters. The van der Waals surface area contributed by atoms with E-state index < -0.39 is 0 Å². The number of nitrogens with one attached hydrogen (secondary N) is 3. The molecule has 256 valence electrons. The van der Waals surface area contributed by atoms with Gasteiger partial charge in [0.1, 0.15) is 0 Å². The first-order chi connectivity index (χ1) is 21.1. The van der Waals surface area contributed by atoms with Gasteiger partial charge < -0.3 is 10.6 Å². The van der Waals surface area contributed by atoms with Crippen molar-refractivity contribution in [3.63, 3.8) is 0 Å². The Labute approximate surface area is 270 Å². The zero-order chi connectivity index (χ0) is 31.5. The molecule has 0 aliphatic carbocycles. The first-order valence-corrected chi connectivity index (χ1v) is 19.6. The van der Waals surface area contributed by atoms with Crippen LogP contribution in [0.25, 0.3) is 0 Å². The van der Waals surface area contributed by atoms with E-state index in [0.717, 1.165) is 25.9 Å². The molecule has 0 aromatic carbocycles. The van der Waals surface area contributed by atoms with Gasteiger partial charge in [-0.2, -0.15) is 0 Å². The van der Waals surface area contributed by atoms with Gasteiger partial charge in [-0.3, -0.25) is 16.1 Å². The summed E-state index contributed by atoms with van der Waals surface area (Å²) < 4.78 is 0. The molecule has 5 nitrogen and oxygen atoms in total. The molecule has 0 radical (unpaired) electrons. The van der Waals surface area contributed by atoms with Gasteiger partial charge in [-0.05, 0) is 12.8 Å². The molecule has 0 bridgehead atoms. The second-order valence-corrected chi connectivity index (χ2v) is 13.5. The number of unbranched alkanes of at least 4 members (excludes halogenated alkanes) is 30. The minimum atomic E-state index is -0.131. The predicted molar refractivity (Wildman–Crippen MR) is 193 cm³/mol. The van der Waals surface area contributed by atoms with Crippen molar-refractivity contribution < 1.29 is 0 Å². The van der Waals surface area contributed by atoms with Gasteiger partial charge in [0, 0.05) is 13.1 Å². The number of nitrogens with zero attached hydrogens (tertiary/aromatic N) is 1. The Morgan fingerprint density at radius 3 is 0.814 bits per heavy atom. The summed E-state index contributed by atoms with van der Waals surface area (Å²) in [5.74, 6) is 0.170. The third kappa shape index (κ3) is 33.5. The van der Waals surface area contributed by atoms with Crippen LogP contribution in [-0.2, 0) is 0 Å². The van der Waals surface area contributed by atoms with E-state index in [2.05, 4.69) is 24.1 Å². The van der Waals surface area contributed by atoms with Crippen LogP contribution in [0.4, 0.5) is 0 Å². The molecular formula is C38H79N5. The van der Waals surface area contributed by atoms with E-state index >= 15 is 0 Å². The van der Waals surface area contributed by atoms with E-state index in [9.17, 15) is 0 Å². The third-order valence-electron chi connectivity index (χ3n) is 9.13. The van der Waals surface area contributed by atoms with E-state index in [0.29, 0.717) is 5.96 Å². The molecule has 0 saturated heterocycles. The summed E-state index contributed by atoms with van der Waals surface area (Å²) in [6, 6.07) is 0. The lowest BCUT2D eigenvalue weighted by molar-refractivity contribution is 0.374. The van der Waals surface area contributed by atoms with Crippen molar-refractivity contribution in [1.29, 1.82) is 10.8 Å². The van der Waals surface area contributed by atoms with Crippen molar-refractivity contribution >= 4 is 11.9 Å². The average molecular weight is 606 g/mol. The van der Waals surface area contributed by atoms with Crippen molar-refractivity contribution in [2.75, 3.05) is 13.1 Å². The standard InChI is InChI=1S/C38H79N5/c1-3-5-7-9-11-13-15-17-19-21-23-25-27-29-31-33-35-43(38(41)42-37(39)40)36-34-32-30-28-26-24-22-20-18-16-14-12-10-8-6-4-2/h3-36H2,1-2H3,(H5,39,40,41,42). The number of nitrogens with two attached hydrogens (primary N) is 1. The lowest BCUT2D eigenvalue weighted by Crippen LogP contribution is -2.46. The molecular weight excluding hydrogens is 526 g/mol. The average Bonchev–Trinajstić information content (AvgIpc) is 2.99. The van der Waals surface area contributed by atoms with Crippen LogP contribution in [0.15, 0.2) is 0 Å². The maximum atomic E-state index is 8.35. The normalized spacial score (nSPS) is 11.2. The Balaban J connectivity index is 3.68. The van der Waals surface area contributed by atoms with E-state index in [1.807, 2.05) is 0 Å². The molecule has 5 heteroatoms. The third-order valence-corrected chi connectivity index (χ3v) is 9.13. The van der Waals surface area contributed by atoms with Crippen LogP contribution in [0, 0.1) is 10.8 Å². The van der Waals surface area contributed by atoms with Crippen molar-refractivity contribution in [3.8, 4) is 0 Å². The fourth-order valence-electron chi connectivity index (χ4n) is 6.24. The Bertz CT molecular complexity index is 543. The van der Waals surface area contributed by atoms with Gasteiger partial charge in [0.05, 0.1) is 0 Å². The van der Waals surface area contributed by atoms with Crippen molar-refractivity contribution in [1.82, 2.24) is 10.2 Å². The molecule has 0 aliphatic heterocycles. The number of hydrogen-bond donors (Lipinski definition) is 4. The summed E-state index contributed by atoms with van der Waals surface area (Å²) in [6.07, 6.45) is 44.1. The highest BCUT2D eigenvalue weighted by atomic mass is 15.3. The predicted octanol–water partition coefficient (Wildman–Crippen LogP) is 12.2. The lowest BCUT2D eigenvalue weighted by Gasteiger charge is -2.25. The molecule has 0 aliphatic rings. The number of hydrogen-bond acceptors (Lipinski definition) is 2. The van der Waals surface area contributed by atoms with Crippen molar-refractivity contribution in [2.24, 2.45) is 5.73 Å². The van der Waals surface area contributed by atoms with E-state index in [4.69, 9.17) is 16.6 Å². The number of guanidine groups is 2. The van der Waals surface area contributed by atoms with Gasteiger partial charge in [-0.15, -0.1) is 0 Å². The molecule has 0 fully saturated rings. The smallest absolute Gasteiger partial charge is 0.197 e. The van der Waals surface area contributed by atoms with Crippen LogP contribution in [0.2, 0.25) is 0 Å². The van der Waals surface area contributed by atoms with Crippen molar-refractivity contribution in [2.45, 2.75) is 219 Å². The minimum Gasteiger partial charge on any atom is -0.370 e. The van der Waals surface area contributed by atoms with Gasteiger partial charge in [0.15, 0.2) is 11.9 Å². The topological polar surface area (TPSA) is 89.0 Å². The summed E-state index contributed by atoms with van der Waals surface area (Å²) in [5.41, 5.74) is 5.52. The molecule has 0 spiro atoms. The van der Waals surface area contributed by atoms with Crippen LogP contribution in [0.3, 0.4) is 0 Å². The minimum absolute atomic E-state index is 0.131. The Morgan fingerprint density at radius 2 is 0.605 bits per heavy atom. The highest BCUT2D eigenvalue weighted by molar-refractivity contribution is 5.94. The molecule has 5 N–H and O–H groups in total. The SMILES string of the molecule is CCCCCCCCCCCCCCCCCCN(CCCCCCCCCCCCCCCCCC)C(=N)NC(=N)N. The Kier molecular flexibility index (Phi) is 34.2. The summed E-state index contributed by atoms with van der Waals surface area (Å²) in [4.78, 5) is 2.11. The fraction of sp³-hybridized carbons (Fsp3) is 0.947. The highest BCUT2D eigenvalue weighted by Gasteiger charge is 2.10. The van der Waals surface area contributed by atoms with Crippen LogP contribution in [0.1, 0.15) is 219 Å². The Morgan fingerprint density at radius 1 is 0.395 bits per heavy atom. The second kappa shape index (κ2) is 35.2. The van der Waals surface area contributed by atoms with Crippen LogP contribution in [-0.4, -0.2) is 29.9 Å². The summed E-state index contributed by atoms with van der Waals surface area (Å²) in [6.45, 7) is 6.38. The zero-order valence-electron chi connectivity index (χ0n) is 29.6. The molecule has 0 heterocycles. The van der Waals surface area contributed by atoms with Gasteiger partial charge in [0.2, 0.25) is 0 Å². The maximum absolute atomic E-state index is 8.35. The quantitative estimate of drug-likeness (QED) is 0.0334. The molecule has 0 unspecified atom stereocenters. The van der Waals surface area contributed by atoms with Gasteiger partial charge in [-0.1, -0.05) is 206 Å². The van der Waals surface area contributed by atoms with Crippen LogP contribution < -0.4 is 11.1 Å². The first kappa shape index (κ1) is 41.7. The van der Waals surface area contributed by atoms with E-state index in [1.165, 1.54) is 193 Å². The van der Waals surface area contributed by atoms with Gasteiger partial charge in [-0.25, -0.2) is 0 Å². The lowest BCUT2D eigenvalue weighted by atomic mass is 10.0. The van der Waals surface area contributed by atoms with Gasteiger partial charge in [0.25, 0.3) is 0 Å². The van der Waals surface area contributed by atoms with E-state index in [-0.39, 0.29) is 5.96 Å². The van der Waals surface area contributed by atoms with Gasteiger partial charge >= 0.3 is 0 Å². The highest BCUT2D eigenvalue weighted by Crippen LogP contribution is 2.16. The first-order valence-electron chi connectivity index (χ1n) is 19.6. The second-order valence-electron chi connectivity index (χ2n) is 13.5. The van der Waals surface area contributed by atoms with Crippen LogP contribution in [0.5, 0.6) is 0 Å². The van der Waals surface area contributed by atoms with Crippen LogP contribution >= 0.6 is 0 Å². The fourth-order valence-corrected chi connectivity index (χ4v) is 6.24. The summed E-state index contributed by atoms with van der Waals surface area (Å²) in [7, 11) is 0. The zero-order valence-corrected chi connectivity index (χ0v) is 29.6. The molecule has 0 aromatic rings. The number of rotatable bonds is 34. The summed E-state index contributed by atoms with van der Waals surface area (Å²) in [5, 5.41) is 18.6. The molecule has 0 rings (SSSR count). The molecule has 0 saturated carbocycles. The van der Waals surface area contributed by atoms with Crippen molar-refractivity contribution in [3.05, 3.63) is 0 Å².